The van der Waals surface area contributed by atoms with Gasteiger partial charge in [-0.1, -0.05) is 6.07 Å². The van der Waals surface area contributed by atoms with Crippen molar-refractivity contribution >= 4 is 40.2 Å². The number of benzene rings is 1. The van der Waals surface area contributed by atoms with Gasteiger partial charge in [0.1, 0.15) is 5.01 Å². The van der Waals surface area contributed by atoms with Gasteiger partial charge < -0.3 is 5.32 Å². The zero-order valence-electron chi connectivity index (χ0n) is 10.2. The first-order valence-corrected chi connectivity index (χ1v) is 7.03. The van der Waals surface area contributed by atoms with Gasteiger partial charge in [-0.05, 0) is 6.07 Å². The van der Waals surface area contributed by atoms with E-state index in [1.165, 1.54) is 29.5 Å². The summed E-state index contributed by atoms with van der Waals surface area (Å²) in [7, 11) is 0. The van der Waals surface area contributed by atoms with Gasteiger partial charge in [-0.3, -0.25) is 14.9 Å². The summed E-state index contributed by atoms with van der Waals surface area (Å²) in [5.41, 5.74) is 1.05. The van der Waals surface area contributed by atoms with E-state index in [-0.39, 0.29) is 18.0 Å². The summed E-state index contributed by atoms with van der Waals surface area (Å²) < 4.78 is 0. The van der Waals surface area contributed by atoms with Gasteiger partial charge in [-0.25, -0.2) is 4.98 Å². The number of nitrogens with zero attached hydrogens (tertiary/aromatic N) is 2. The monoisotopic (exact) mass is 311 g/mol. The van der Waals surface area contributed by atoms with Crippen LogP contribution in [0.25, 0.3) is 0 Å². The molecule has 0 aliphatic heterocycles. The number of nitro benzene ring substituents is 1. The van der Waals surface area contributed by atoms with Gasteiger partial charge in [-0.2, -0.15) is 0 Å². The largest absolute Gasteiger partial charge is 0.325 e. The van der Waals surface area contributed by atoms with E-state index in [1.54, 1.807) is 11.4 Å². The van der Waals surface area contributed by atoms with Crippen LogP contribution in [-0.4, -0.2) is 15.8 Å². The molecule has 2 aromatic rings. The number of rotatable bonds is 5. The molecule has 1 heterocycles. The highest BCUT2D eigenvalue weighted by molar-refractivity contribution is 7.09. The maximum atomic E-state index is 11.8. The lowest BCUT2D eigenvalue weighted by molar-refractivity contribution is -0.384. The van der Waals surface area contributed by atoms with Crippen LogP contribution >= 0.6 is 22.9 Å². The number of halogens is 1. The fourth-order valence-corrected chi connectivity index (χ4v) is 2.55. The quantitative estimate of drug-likeness (QED) is 0.522. The number of carbonyl (C=O) groups is 1. The second kappa shape index (κ2) is 6.44. The highest BCUT2D eigenvalue weighted by atomic mass is 35.5. The molecular weight excluding hydrogens is 302 g/mol. The summed E-state index contributed by atoms with van der Waals surface area (Å²) in [6, 6.07) is 5.78. The van der Waals surface area contributed by atoms with Crippen LogP contribution in [0.2, 0.25) is 0 Å². The van der Waals surface area contributed by atoms with Gasteiger partial charge in [0.15, 0.2) is 0 Å². The number of anilines is 1. The normalized spacial score (nSPS) is 10.2. The van der Waals surface area contributed by atoms with Crippen LogP contribution in [0.4, 0.5) is 11.4 Å². The Labute approximate surface area is 123 Å². The molecule has 0 aliphatic rings. The molecule has 0 saturated heterocycles. The van der Waals surface area contributed by atoms with Gasteiger partial charge in [0, 0.05) is 23.2 Å². The number of nitrogens with one attached hydrogen (secondary N) is 1. The molecule has 0 saturated carbocycles. The minimum absolute atomic E-state index is 0.0681. The highest BCUT2D eigenvalue weighted by Crippen LogP contribution is 2.18. The van der Waals surface area contributed by atoms with E-state index in [0.29, 0.717) is 16.6 Å². The maximum absolute atomic E-state index is 11.8. The summed E-state index contributed by atoms with van der Waals surface area (Å²) in [5.74, 6) is 0.0317. The Kier molecular flexibility index (Phi) is 4.65. The van der Waals surface area contributed by atoms with E-state index in [0.717, 1.165) is 5.69 Å². The molecular formula is C12H10ClN3O3S. The second-order valence-electron chi connectivity index (χ2n) is 3.90. The van der Waals surface area contributed by atoms with Gasteiger partial charge in [0.2, 0.25) is 5.91 Å². The summed E-state index contributed by atoms with van der Waals surface area (Å²) >= 11 is 6.99. The average molecular weight is 312 g/mol. The molecule has 0 spiro atoms. The topological polar surface area (TPSA) is 85.1 Å². The van der Waals surface area contributed by atoms with Crippen molar-refractivity contribution in [3.8, 4) is 0 Å². The average Bonchev–Trinajstić information content (AvgIpc) is 2.86. The molecule has 1 amide bonds. The molecule has 0 radical (unpaired) electrons. The second-order valence-corrected chi connectivity index (χ2v) is 5.11. The third-order valence-electron chi connectivity index (χ3n) is 2.39. The van der Waals surface area contributed by atoms with Crippen LogP contribution in [0.15, 0.2) is 29.6 Å². The minimum atomic E-state index is -0.511. The van der Waals surface area contributed by atoms with Crippen molar-refractivity contribution < 1.29 is 9.72 Å². The van der Waals surface area contributed by atoms with Gasteiger partial charge in [0.05, 0.1) is 22.9 Å². The van der Waals surface area contributed by atoms with Crippen LogP contribution in [0, 0.1) is 10.1 Å². The van der Waals surface area contributed by atoms with Crippen molar-refractivity contribution in [3.63, 3.8) is 0 Å². The zero-order valence-corrected chi connectivity index (χ0v) is 11.8. The fourth-order valence-electron chi connectivity index (χ4n) is 1.53. The van der Waals surface area contributed by atoms with E-state index in [4.69, 9.17) is 11.6 Å². The number of carbonyl (C=O) groups excluding carboxylic acids is 1. The molecule has 2 rings (SSSR count). The number of alkyl halides is 1. The molecule has 1 N–H and O–H groups in total. The Morgan fingerprint density at radius 1 is 1.50 bits per heavy atom. The van der Waals surface area contributed by atoms with Crippen molar-refractivity contribution in [2.75, 3.05) is 5.32 Å². The standard InChI is InChI=1S/C12H10ClN3O3S/c13-6-9-7-20-12(15-9)5-11(17)14-8-2-1-3-10(4-8)16(18)19/h1-4,7H,5-6H2,(H,14,17). The van der Waals surface area contributed by atoms with Gasteiger partial charge in [-0.15, -0.1) is 22.9 Å². The Hall–Kier alpha value is -1.99. The van der Waals surface area contributed by atoms with Gasteiger partial charge in [0.25, 0.3) is 5.69 Å². The first-order valence-electron chi connectivity index (χ1n) is 5.62. The maximum Gasteiger partial charge on any atom is 0.271 e. The van der Waals surface area contributed by atoms with Crippen molar-refractivity contribution in [2.45, 2.75) is 12.3 Å². The van der Waals surface area contributed by atoms with Crippen LogP contribution in [-0.2, 0) is 17.1 Å². The predicted molar refractivity (Wildman–Crippen MR) is 77.1 cm³/mol. The molecule has 0 atom stereocenters. The van der Waals surface area contributed by atoms with E-state index in [1.807, 2.05) is 0 Å². The third-order valence-corrected chi connectivity index (χ3v) is 3.56. The molecule has 6 nitrogen and oxygen atoms in total. The van der Waals surface area contributed by atoms with E-state index in [2.05, 4.69) is 10.3 Å². The SMILES string of the molecule is O=C(Cc1nc(CCl)cs1)Nc1cccc([N+](=O)[O-])c1. The lowest BCUT2D eigenvalue weighted by Gasteiger charge is -2.03. The van der Waals surface area contributed by atoms with Crippen molar-refractivity contribution in [3.05, 3.63) is 50.5 Å². The van der Waals surface area contributed by atoms with Gasteiger partial charge >= 0.3 is 0 Å². The molecule has 1 aromatic heterocycles. The fraction of sp³-hybridized carbons (Fsp3) is 0.167. The summed E-state index contributed by atoms with van der Waals surface area (Å²) in [6.45, 7) is 0. The predicted octanol–water partition coefficient (Wildman–Crippen LogP) is 2.97. The number of hydrogen-bond acceptors (Lipinski definition) is 5. The summed E-state index contributed by atoms with van der Waals surface area (Å²) in [6.07, 6.45) is 0.115. The Morgan fingerprint density at radius 3 is 2.95 bits per heavy atom. The number of non-ortho nitro benzene ring substituents is 1. The Bertz CT molecular complexity index is 644. The van der Waals surface area contributed by atoms with E-state index >= 15 is 0 Å². The molecule has 104 valence electrons. The third kappa shape index (κ3) is 3.75. The lowest BCUT2D eigenvalue weighted by atomic mass is 10.2. The first-order chi connectivity index (χ1) is 9.58. The first kappa shape index (κ1) is 14.4. The molecule has 8 heteroatoms. The molecule has 0 aliphatic carbocycles. The number of nitro groups is 1. The van der Waals surface area contributed by atoms with Crippen LogP contribution in [0.3, 0.4) is 0 Å². The summed E-state index contributed by atoms with van der Waals surface area (Å²) in [5, 5.41) is 15.7. The van der Waals surface area contributed by atoms with E-state index in [9.17, 15) is 14.9 Å². The van der Waals surface area contributed by atoms with Crippen molar-refractivity contribution in [2.24, 2.45) is 0 Å². The minimum Gasteiger partial charge on any atom is -0.325 e. The van der Waals surface area contributed by atoms with Crippen LogP contribution in [0.5, 0.6) is 0 Å². The molecule has 1 aromatic carbocycles. The van der Waals surface area contributed by atoms with Crippen molar-refractivity contribution in [1.82, 2.24) is 4.98 Å². The Balaban J connectivity index is 2.00. The highest BCUT2D eigenvalue weighted by Gasteiger charge is 2.10. The number of thiazole rings is 1. The molecule has 0 fully saturated rings. The Morgan fingerprint density at radius 2 is 2.30 bits per heavy atom. The smallest absolute Gasteiger partial charge is 0.271 e. The zero-order chi connectivity index (χ0) is 14.5. The number of hydrogen-bond donors (Lipinski definition) is 1. The number of aromatic nitrogens is 1. The summed E-state index contributed by atoms with van der Waals surface area (Å²) in [4.78, 5) is 26.1. The number of amides is 1. The van der Waals surface area contributed by atoms with Crippen molar-refractivity contribution in [1.29, 1.82) is 0 Å². The van der Waals surface area contributed by atoms with Crippen LogP contribution in [0.1, 0.15) is 10.7 Å². The molecule has 0 unspecified atom stereocenters. The van der Waals surface area contributed by atoms with Crippen LogP contribution < -0.4 is 5.32 Å². The molecule has 20 heavy (non-hydrogen) atoms. The van der Waals surface area contributed by atoms with E-state index < -0.39 is 4.92 Å². The lowest BCUT2D eigenvalue weighted by Crippen LogP contribution is -2.14. The molecule has 0 bridgehead atoms.